The molecular weight excluding hydrogens is 216 g/mol. The maximum absolute atomic E-state index is 12.4. The topological polar surface area (TPSA) is 66.6 Å². The van der Waals surface area contributed by atoms with Crippen LogP contribution in [0.4, 0.5) is 0 Å². The second-order valence-electron chi connectivity index (χ2n) is 6.01. The van der Waals surface area contributed by atoms with Gasteiger partial charge in [0.15, 0.2) is 0 Å². The molecule has 1 aliphatic heterocycles. The van der Waals surface area contributed by atoms with E-state index in [9.17, 15) is 9.90 Å². The Balaban J connectivity index is 1.96. The number of aliphatic hydroxyl groups is 1. The third-order valence-electron chi connectivity index (χ3n) is 4.30. The Hall–Kier alpha value is -0.610. The molecule has 17 heavy (non-hydrogen) atoms. The van der Waals surface area contributed by atoms with Gasteiger partial charge in [-0.3, -0.25) is 4.79 Å². The zero-order valence-electron chi connectivity index (χ0n) is 10.7. The molecule has 0 unspecified atom stereocenters. The number of nitrogens with zero attached hydrogens (tertiary/aromatic N) is 1. The van der Waals surface area contributed by atoms with Crippen molar-refractivity contribution in [1.82, 2.24) is 4.90 Å². The van der Waals surface area contributed by atoms with Gasteiger partial charge in [0.1, 0.15) is 0 Å². The molecule has 4 nitrogen and oxygen atoms in total. The van der Waals surface area contributed by atoms with E-state index in [1.807, 2.05) is 11.8 Å². The summed E-state index contributed by atoms with van der Waals surface area (Å²) in [6, 6.07) is 0. The first-order valence-electron chi connectivity index (χ1n) is 6.74. The van der Waals surface area contributed by atoms with E-state index < -0.39 is 11.1 Å². The lowest BCUT2D eigenvalue weighted by Gasteiger charge is -2.41. The standard InChI is InChI=1S/C13H24N2O2/c1-12(17)7-9-15(10-8-12)11(16)13(14)5-3-2-4-6-13/h17H,2-10,14H2,1H3. The van der Waals surface area contributed by atoms with E-state index >= 15 is 0 Å². The molecule has 4 heteroatoms. The van der Waals surface area contributed by atoms with Crippen LogP contribution in [-0.4, -0.2) is 40.1 Å². The fourth-order valence-electron chi connectivity index (χ4n) is 2.90. The average Bonchev–Trinajstić information content (AvgIpc) is 2.29. The number of likely N-dealkylation sites (tertiary alicyclic amines) is 1. The largest absolute Gasteiger partial charge is 0.390 e. The van der Waals surface area contributed by atoms with Crippen LogP contribution in [0.25, 0.3) is 0 Å². The molecule has 2 rings (SSSR count). The van der Waals surface area contributed by atoms with Gasteiger partial charge >= 0.3 is 0 Å². The average molecular weight is 240 g/mol. The molecule has 0 aromatic heterocycles. The normalized spacial score (nSPS) is 27.8. The van der Waals surface area contributed by atoms with E-state index in [0.29, 0.717) is 25.9 Å². The van der Waals surface area contributed by atoms with Gasteiger partial charge in [-0.2, -0.15) is 0 Å². The van der Waals surface area contributed by atoms with Crippen LogP contribution in [0.2, 0.25) is 0 Å². The minimum Gasteiger partial charge on any atom is -0.390 e. The van der Waals surface area contributed by atoms with Crippen molar-refractivity contribution in [3.05, 3.63) is 0 Å². The van der Waals surface area contributed by atoms with E-state index in [2.05, 4.69) is 0 Å². The Morgan fingerprint density at radius 2 is 1.65 bits per heavy atom. The summed E-state index contributed by atoms with van der Waals surface area (Å²) in [5.74, 6) is 0.104. The van der Waals surface area contributed by atoms with Crippen LogP contribution < -0.4 is 5.73 Å². The Morgan fingerprint density at radius 3 is 2.18 bits per heavy atom. The predicted octanol–water partition coefficient (Wildman–Crippen LogP) is 1.02. The highest BCUT2D eigenvalue weighted by Gasteiger charge is 2.40. The summed E-state index contributed by atoms with van der Waals surface area (Å²) in [5, 5.41) is 9.88. The SMILES string of the molecule is CC1(O)CCN(C(=O)C2(N)CCCCC2)CC1. The Kier molecular flexibility index (Phi) is 3.46. The summed E-state index contributed by atoms with van der Waals surface area (Å²) in [4.78, 5) is 14.3. The lowest BCUT2D eigenvalue weighted by atomic mass is 9.80. The Morgan fingerprint density at radius 1 is 1.12 bits per heavy atom. The molecule has 1 aliphatic carbocycles. The highest BCUT2D eigenvalue weighted by Crippen LogP contribution is 2.30. The number of rotatable bonds is 1. The van der Waals surface area contributed by atoms with Crippen LogP contribution in [-0.2, 0) is 4.79 Å². The Labute approximate surface area is 103 Å². The lowest BCUT2D eigenvalue weighted by molar-refractivity contribution is -0.142. The number of hydrogen-bond acceptors (Lipinski definition) is 3. The fraction of sp³-hybridized carbons (Fsp3) is 0.923. The predicted molar refractivity (Wildman–Crippen MR) is 66.4 cm³/mol. The van der Waals surface area contributed by atoms with Gasteiger partial charge in [-0.1, -0.05) is 19.3 Å². The lowest BCUT2D eigenvalue weighted by Crippen LogP contribution is -2.58. The van der Waals surface area contributed by atoms with E-state index in [0.717, 1.165) is 25.7 Å². The zero-order chi connectivity index (χ0) is 12.5. The quantitative estimate of drug-likeness (QED) is 0.719. The van der Waals surface area contributed by atoms with Gasteiger partial charge in [0.2, 0.25) is 5.91 Å². The highest BCUT2D eigenvalue weighted by molar-refractivity contribution is 5.86. The summed E-state index contributed by atoms with van der Waals surface area (Å²) in [6.07, 6.45) is 6.28. The summed E-state index contributed by atoms with van der Waals surface area (Å²) in [5.41, 5.74) is 5.02. The third kappa shape index (κ3) is 2.80. The van der Waals surface area contributed by atoms with Crippen LogP contribution in [0.1, 0.15) is 51.9 Å². The number of hydrogen-bond donors (Lipinski definition) is 2. The minimum absolute atomic E-state index is 0.104. The summed E-state index contributed by atoms with van der Waals surface area (Å²) < 4.78 is 0. The summed E-state index contributed by atoms with van der Waals surface area (Å²) in [6.45, 7) is 3.13. The molecule has 98 valence electrons. The van der Waals surface area contributed by atoms with E-state index in [4.69, 9.17) is 5.73 Å². The van der Waals surface area contributed by atoms with Crippen molar-refractivity contribution < 1.29 is 9.90 Å². The molecule has 2 aliphatic rings. The maximum atomic E-state index is 12.4. The smallest absolute Gasteiger partial charge is 0.242 e. The van der Waals surface area contributed by atoms with Crippen molar-refractivity contribution in [2.24, 2.45) is 5.73 Å². The van der Waals surface area contributed by atoms with Crippen LogP contribution in [0.5, 0.6) is 0 Å². The van der Waals surface area contributed by atoms with Crippen LogP contribution in [0.3, 0.4) is 0 Å². The van der Waals surface area contributed by atoms with Gasteiger partial charge in [-0.15, -0.1) is 0 Å². The van der Waals surface area contributed by atoms with Crippen molar-refractivity contribution in [1.29, 1.82) is 0 Å². The van der Waals surface area contributed by atoms with Crippen LogP contribution >= 0.6 is 0 Å². The molecule has 2 fully saturated rings. The van der Waals surface area contributed by atoms with Gasteiger partial charge in [-0.05, 0) is 32.6 Å². The second kappa shape index (κ2) is 4.58. The molecule has 0 spiro atoms. The first-order chi connectivity index (χ1) is 7.93. The van der Waals surface area contributed by atoms with Gasteiger partial charge < -0.3 is 15.7 Å². The molecule has 1 saturated carbocycles. The van der Waals surface area contributed by atoms with Gasteiger partial charge in [-0.25, -0.2) is 0 Å². The number of piperidine rings is 1. The van der Waals surface area contributed by atoms with E-state index in [-0.39, 0.29) is 5.91 Å². The zero-order valence-corrected chi connectivity index (χ0v) is 10.7. The van der Waals surface area contributed by atoms with Gasteiger partial charge in [0.25, 0.3) is 0 Å². The van der Waals surface area contributed by atoms with Crippen LogP contribution in [0, 0.1) is 0 Å². The first-order valence-corrected chi connectivity index (χ1v) is 6.74. The second-order valence-corrected chi connectivity index (χ2v) is 6.01. The highest BCUT2D eigenvalue weighted by atomic mass is 16.3. The van der Waals surface area contributed by atoms with E-state index in [1.165, 1.54) is 6.42 Å². The molecule has 0 bridgehead atoms. The monoisotopic (exact) mass is 240 g/mol. The molecule has 3 N–H and O–H groups in total. The van der Waals surface area contributed by atoms with Crippen molar-refractivity contribution in [2.75, 3.05) is 13.1 Å². The number of carbonyl (C=O) groups excluding carboxylic acids is 1. The maximum Gasteiger partial charge on any atom is 0.242 e. The molecule has 1 amide bonds. The molecule has 0 aromatic carbocycles. The van der Waals surface area contributed by atoms with E-state index in [1.54, 1.807) is 0 Å². The molecule has 0 radical (unpaired) electrons. The van der Waals surface area contributed by atoms with Crippen molar-refractivity contribution >= 4 is 5.91 Å². The molecule has 1 heterocycles. The van der Waals surface area contributed by atoms with Crippen LogP contribution in [0.15, 0.2) is 0 Å². The first kappa shape index (κ1) is 12.8. The third-order valence-corrected chi connectivity index (χ3v) is 4.30. The molecule has 0 aromatic rings. The van der Waals surface area contributed by atoms with Crippen molar-refractivity contribution in [2.45, 2.75) is 63.0 Å². The summed E-state index contributed by atoms with van der Waals surface area (Å²) in [7, 11) is 0. The molecular formula is C13H24N2O2. The number of carbonyl (C=O) groups is 1. The summed E-state index contributed by atoms with van der Waals surface area (Å²) >= 11 is 0. The fourth-order valence-corrected chi connectivity index (χ4v) is 2.90. The van der Waals surface area contributed by atoms with Crippen molar-refractivity contribution in [3.63, 3.8) is 0 Å². The van der Waals surface area contributed by atoms with Gasteiger partial charge in [0.05, 0.1) is 11.1 Å². The minimum atomic E-state index is -0.624. The van der Waals surface area contributed by atoms with Crippen molar-refractivity contribution in [3.8, 4) is 0 Å². The number of amides is 1. The molecule has 1 saturated heterocycles. The van der Waals surface area contributed by atoms with Gasteiger partial charge in [0, 0.05) is 13.1 Å². The number of nitrogens with two attached hydrogens (primary N) is 1. The Bertz CT molecular complexity index is 286. The molecule has 0 atom stereocenters.